The van der Waals surface area contributed by atoms with Crippen LogP contribution in [0.1, 0.15) is 36.8 Å². The van der Waals surface area contributed by atoms with Crippen LogP contribution in [0.4, 0.5) is 0 Å². The fraction of sp³-hybridized carbons (Fsp3) is 0.692. The smallest absolute Gasteiger partial charge is 0.236 e. The van der Waals surface area contributed by atoms with Gasteiger partial charge >= 0.3 is 0 Å². The Morgan fingerprint density at radius 2 is 2.22 bits per heavy atom. The maximum absolute atomic E-state index is 12.0. The number of aryl methyl sites for hydroxylation is 2. The number of nitrogens with one attached hydrogen (secondary N) is 1. The normalized spacial score (nSPS) is 14.8. The molecule has 5 nitrogen and oxygen atoms in total. The average Bonchev–Trinajstić information content (AvgIpc) is 3.12. The van der Waals surface area contributed by atoms with E-state index in [1.54, 1.807) is 0 Å². The molecule has 0 saturated heterocycles. The minimum Gasteiger partial charge on any atom is -0.361 e. The summed E-state index contributed by atoms with van der Waals surface area (Å²) in [6, 6.07) is 0.489. The quantitative estimate of drug-likeness (QED) is 0.830. The molecule has 1 aliphatic carbocycles. The first kappa shape index (κ1) is 13.1. The number of carbonyl (C=O) groups is 1. The van der Waals surface area contributed by atoms with E-state index in [-0.39, 0.29) is 5.91 Å². The van der Waals surface area contributed by atoms with E-state index in [1.165, 1.54) is 0 Å². The average molecular weight is 251 g/mol. The highest BCUT2D eigenvalue weighted by molar-refractivity contribution is 5.78. The first-order valence-electron chi connectivity index (χ1n) is 6.55. The van der Waals surface area contributed by atoms with Crippen molar-refractivity contribution in [3.05, 3.63) is 17.0 Å². The molecule has 0 spiro atoms. The number of amides is 1. The Balaban J connectivity index is 1.79. The van der Waals surface area contributed by atoms with Gasteiger partial charge in [-0.25, -0.2) is 0 Å². The zero-order valence-corrected chi connectivity index (χ0v) is 11.3. The Labute approximate surface area is 108 Å². The van der Waals surface area contributed by atoms with Crippen LogP contribution in [-0.2, 0) is 11.3 Å². The molecule has 1 amide bonds. The van der Waals surface area contributed by atoms with E-state index in [9.17, 15) is 4.79 Å². The molecule has 0 radical (unpaired) electrons. The van der Waals surface area contributed by atoms with Gasteiger partial charge < -0.3 is 14.7 Å². The predicted molar refractivity (Wildman–Crippen MR) is 68.1 cm³/mol. The standard InChI is InChI=1S/C13H21N3O2/c1-4-16(11-5-6-11)13(17)8-14-7-12-9(2)15-18-10(12)3/h11,14H,4-8H2,1-3H3. The second-order valence-corrected chi connectivity index (χ2v) is 4.82. The van der Waals surface area contributed by atoms with E-state index in [0.29, 0.717) is 19.1 Å². The van der Waals surface area contributed by atoms with Gasteiger partial charge in [0.15, 0.2) is 0 Å². The molecule has 0 aromatic carbocycles. The third-order valence-corrected chi connectivity index (χ3v) is 3.41. The highest BCUT2D eigenvalue weighted by Crippen LogP contribution is 2.26. The van der Waals surface area contributed by atoms with Gasteiger partial charge in [0.05, 0.1) is 12.2 Å². The van der Waals surface area contributed by atoms with Gasteiger partial charge in [0, 0.05) is 24.7 Å². The molecule has 0 atom stereocenters. The van der Waals surface area contributed by atoms with Crippen molar-refractivity contribution in [3.8, 4) is 0 Å². The second kappa shape index (κ2) is 5.52. The van der Waals surface area contributed by atoms with Crippen molar-refractivity contribution < 1.29 is 9.32 Å². The van der Waals surface area contributed by atoms with Gasteiger partial charge in [-0.15, -0.1) is 0 Å². The molecule has 100 valence electrons. The van der Waals surface area contributed by atoms with Gasteiger partial charge in [0.2, 0.25) is 5.91 Å². The number of carbonyl (C=O) groups excluding carboxylic acids is 1. The SMILES string of the molecule is CCN(C(=O)CNCc1c(C)noc1C)C1CC1. The summed E-state index contributed by atoms with van der Waals surface area (Å²) in [6.07, 6.45) is 2.31. The largest absolute Gasteiger partial charge is 0.361 e. The van der Waals surface area contributed by atoms with Crippen LogP contribution in [0.5, 0.6) is 0 Å². The van der Waals surface area contributed by atoms with Crippen LogP contribution in [0, 0.1) is 13.8 Å². The monoisotopic (exact) mass is 251 g/mol. The molecule has 1 heterocycles. The van der Waals surface area contributed by atoms with Crippen LogP contribution in [0.15, 0.2) is 4.52 Å². The van der Waals surface area contributed by atoms with Crippen molar-refractivity contribution in [2.75, 3.05) is 13.1 Å². The molecule has 2 rings (SSSR count). The molecular formula is C13H21N3O2. The number of aromatic nitrogens is 1. The Hall–Kier alpha value is -1.36. The fourth-order valence-corrected chi connectivity index (χ4v) is 2.17. The lowest BCUT2D eigenvalue weighted by atomic mass is 10.2. The summed E-state index contributed by atoms with van der Waals surface area (Å²) in [5, 5.41) is 7.07. The van der Waals surface area contributed by atoms with E-state index in [1.807, 2.05) is 25.7 Å². The van der Waals surface area contributed by atoms with Crippen LogP contribution in [0.2, 0.25) is 0 Å². The maximum Gasteiger partial charge on any atom is 0.236 e. The molecule has 0 bridgehead atoms. The van der Waals surface area contributed by atoms with E-state index < -0.39 is 0 Å². The summed E-state index contributed by atoms with van der Waals surface area (Å²) in [7, 11) is 0. The fourth-order valence-electron chi connectivity index (χ4n) is 2.17. The Kier molecular flexibility index (Phi) is 4.01. The zero-order valence-electron chi connectivity index (χ0n) is 11.3. The molecule has 5 heteroatoms. The topological polar surface area (TPSA) is 58.4 Å². The molecular weight excluding hydrogens is 230 g/mol. The van der Waals surface area contributed by atoms with E-state index >= 15 is 0 Å². The first-order chi connectivity index (χ1) is 8.63. The van der Waals surface area contributed by atoms with Crippen molar-refractivity contribution >= 4 is 5.91 Å². The molecule has 1 aromatic rings. The lowest BCUT2D eigenvalue weighted by Crippen LogP contribution is -2.39. The van der Waals surface area contributed by atoms with E-state index in [0.717, 1.165) is 36.4 Å². The molecule has 1 N–H and O–H groups in total. The maximum atomic E-state index is 12.0. The van der Waals surface area contributed by atoms with Gasteiger partial charge in [-0.1, -0.05) is 5.16 Å². The van der Waals surface area contributed by atoms with Crippen LogP contribution in [0.3, 0.4) is 0 Å². The van der Waals surface area contributed by atoms with E-state index in [2.05, 4.69) is 10.5 Å². The third-order valence-electron chi connectivity index (χ3n) is 3.41. The van der Waals surface area contributed by atoms with Crippen molar-refractivity contribution in [2.45, 2.75) is 46.2 Å². The van der Waals surface area contributed by atoms with Crippen LogP contribution in [0.25, 0.3) is 0 Å². The number of nitrogens with zero attached hydrogens (tertiary/aromatic N) is 2. The molecule has 1 saturated carbocycles. The predicted octanol–water partition coefficient (Wildman–Crippen LogP) is 1.39. The Morgan fingerprint density at radius 1 is 1.50 bits per heavy atom. The number of hydrogen-bond acceptors (Lipinski definition) is 4. The van der Waals surface area contributed by atoms with Crippen LogP contribution < -0.4 is 5.32 Å². The van der Waals surface area contributed by atoms with Gasteiger partial charge in [-0.05, 0) is 33.6 Å². The lowest BCUT2D eigenvalue weighted by molar-refractivity contribution is -0.130. The highest BCUT2D eigenvalue weighted by Gasteiger charge is 2.30. The summed E-state index contributed by atoms with van der Waals surface area (Å²) in [5.74, 6) is 1.01. The number of rotatable bonds is 6. The highest BCUT2D eigenvalue weighted by atomic mass is 16.5. The molecule has 1 aromatic heterocycles. The minimum absolute atomic E-state index is 0.187. The summed E-state index contributed by atoms with van der Waals surface area (Å²) in [4.78, 5) is 13.9. The summed E-state index contributed by atoms with van der Waals surface area (Å²) < 4.78 is 5.08. The number of hydrogen-bond donors (Lipinski definition) is 1. The van der Waals surface area contributed by atoms with Gasteiger partial charge in [-0.3, -0.25) is 4.79 Å². The molecule has 1 aliphatic rings. The first-order valence-corrected chi connectivity index (χ1v) is 6.55. The number of likely N-dealkylation sites (N-methyl/N-ethyl adjacent to an activating group) is 1. The Morgan fingerprint density at radius 3 is 2.72 bits per heavy atom. The second-order valence-electron chi connectivity index (χ2n) is 4.82. The van der Waals surface area contributed by atoms with Gasteiger partial charge in [0.25, 0.3) is 0 Å². The molecule has 0 aliphatic heterocycles. The van der Waals surface area contributed by atoms with Crippen molar-refractivity contribution in [2.24, 2.45) is 0 Å². The Bertz CT molecular complexity index is 404. The molecule has 0 unspecified atom stereocenters. The third kappa shape index (κ3) is 2.90. The summed E-state index contributed by atoms with van der Waals surface area (Å²) in [5.41, 5.74) is 1.94. The summed E-state index contributed by atoms with van der Waals surface area (Å²) in [6.45, 7) is 7.66. The van der Waals surface area contributed by atoms with Crippen LogP contribution >= 0.6 is 0 Å². The van der Waals surface area contributed by atoms with Crippen molar-refractivity contribution in [1.29, 1.82) is 0 Å². The van der Waals surface area contributed by atoms with Crippen molar-refractivity contribution in [1.82, 2.24) is 15.4 Å². The van der Waals surface area contributed by atoms with Gasteiger partial charge in [-0.2, -0.15) is 0 Å². The molecule has 18 heavy (non-hydrogen) atoms. The molecule has 1 fully saturated rings. The van der Waals surface area contributed by atoms with Gasteiger partial charge in [0.1, 0.15) is 5.76 Å². The lowest BCUT2D eigenvalue weighted by Gasteiger charge is -2.20. The summed E-state index contributed by atoms with van der Waals surface area (Å²) >= 11 is 0. The van der Waals surface area contributed by atoms with Crippen LogP contribution in [-0.4, -0.2) is 35.1 Å². The minimum atomic E-state index is 0.187. The van der Waals surface area contributed by atoms with Crippen molar-refractivity contribution in [3.63, 3.8) is 0 Å². The van der Waals surface area contributed by atoms with E-state index in [4.69, 9.17) is 4.52 Å². The zero-order chi connectivity index (χ0) is 13.1.